The van der Waals surface area contributed by atoms with Gasteiger partial charge >= 0.3 is 23.5 Å². The van der Waals surface area contributed by atoms with Crippen molar-refractivity contribution in [3.63, 3.8) is 0 Å². The molecule has 0 aromatic heterocycles. The first-order chi connectivity index (χ1) is 10.8. The molecule has 25 heavy (non-hydrogen) atoms. The van der Waals surface area contributed by atoms with Crippen molar-refractivity contribution < 1.29 is 52.3 Å². The Morgan fingerprint density at radius 2 is 1.36 bits per heavy atom. The molecular weight excluding hydrogens is 515 g/mol. The van der Waals surface area contributed by atoms with Crippen LogP contribution in [-0.4, -0.2) is 42.7 Å². The predicted molar refractivity (Wildman–Crippen MR) is 72.9 cm³/mol. The van der Waals surface area contributed by atoms with Crippen LogP contribution in [-0.2, 0) is 9.84 Å². The Morgan fingerprint density at radius 1 is 0.960 bits per heavy atom. The zero-order valence-electron chi connectivity index (χ0n) is 11.3. The Hall–Kier alpha value is -0.580. The Kier molecular flexibility index (Phi) is 5.36. The molecule has 146 valence electrons. The molecule has 0 bridgehead atoms. The van der Waals surface area contributed by atoms with Crippen molar-refractivity contribution in [2.45, 2.75) is 34.3 Å². The van der Waals surface area contributed by atoms with Gasteiger partial charge in [-0.25, -0.2) is 12.8 Å². The van der Waals surface area contributed by atoms with Crippen LogP contribution in [0.1, 0.15) is 0 Å². The molecule has 0 spiro atoms. The highest BCUT2D eigenvalue weighted by Crippen LogP contribution is 2.59. The van der Waals surface area contributed by atoms with Gasteiger partial charge in [0.2, 0.25) is 0 Å². The van der Waals surface area contributed by atoms with Gasteiger partial charge in [0.15, 0.2) is 4.75 Å². The summed E-state index contributed by atoms with van der Waals surface area (Å²) >= 11 is 0.924. The lowest BCUT2D eigenvalue weighted by molar-refractivity contribution is -0.345. The van der Waals surface area contributed by atoms with Gasteiger partial charge in [-0.3, -0.25) is 0 Å². The highest BCUT2D eigenvalue weighted by Gasteiger charge is 2.86. The fraction of sp³-hybridized carbons (Fsp3) is 0.600. The summed E-state index contributed by atoms with van der Waals surface area (Å²) in [6, 6.07) is -1.51. The first-order valence-corrected chi connectivity index (χ1v) is 8.29. The zero-order valence-corrected chi connectivity index (χ0v) is 14.2. The van der Waals surface area contributed by atoms with Gasteiger partial charge in [0, 0.05) is 3.58 Å². The first-order valence-electron chi connectivity index (χ1n) is 5.73. The molecule has 0 saturated carbocycles. The van der Waals surface area contributed by atoms with E-state index < -0.39 is 59.9 Å². The number of nitrogens with two attached hydrogens (primary N) is 1. The van der Waals surface area contributed by atoms with Crippen molar-refractivity contribution in [1.82, 2.24) is 0 Å². The fourth-order valence-corrected chi connectivity index (χ4v) is 4.48. The largest absolute Gasteiger partial charge is 0.498 e. The molecule has 2 unspecified atom stereocenters. The number of halogens is 11. The minimum Gasteiger partial charge on any atom is -0.320 e. The number of sulfone groups is 1. The standard InChI is InChI=1S/C10H6F10INO2S/c11-7(8(12,13)14,9(15,16)17)6(25(23,24)10(18,19)20)2-1-5(22)4(21)3-6/h1-3,5H,22H2. The molecule has 1 aliphatic rings. The Morgan fingerprint density at radius 3 is 1.64 bits per heavy atom. The molecule has 2 atom stereocenters. The van der Waals surface area contributed by atoms with Crippen LogP contribution in [0.4, 0.5) is 43.9 Å². The second-order valence-corrected chi connectivity index (χ2v) is 8.20. The topological polar surface area (TPSA) is 60.2 Å². The monoisotopic (exact) mass is 521 g/mol. The molecule has 3 nitrogen and oxygen atoms in total. The Labute approximate surface area is 147 Å². The molecule has 1 aliphatic carbocycles. The van der Waals surface area contributed by atoms with Gasteiger partial charge in [0.25, 0.3) is 9.84 Å². The molecule has 0 aliphatic heterocycles. The van der Waals surface area contributed by atoms with E-state index in [4.69, 9.17) is 5.73 Å². The predicted octanol–water partition coefficient (Wildman–Crippen LogP) is 3.71. The summed E-state index contributed by atoms with van der Waals surface area (Å²) in [5.41, 5.74) is -8.22. The molecule has 0 fully saturated rings. The van der Waals surface area contributed by atoms with E-state index in [0.29, 0.717) is 0 Å². The molecule has 0 saturated heterocycles. The maximum atomic E-state index is 14.4. The van der Waals surface area contributed by atoms with Crippen molar-refractivity contribution in [3.8, 4) is 0 Å². The number of rotatable bonds is 2. The SMILES string of the molecule is NC1C=CC(C(F)(C(F)(F)F)C(F)(F)F)(S(=O)(=O)C(F)(F)F)C=C1I. The molecule has 0 heterocycles. The average Bonchev–Trinajstić information content (AvgIpc) is 2.36. The van der Waals surface area contributed by atoms with E-state index in [1.807, 2.05) is 0 Å². The molecular formula is C10H6F10INO2S. The lowest BCUT2D eigenvalue weighted by Gasteiger charge is -2.44. The maximum absolute atomic E-state index is 14.4. The number of alkyl halides is 10. The van der Waals surface area contributed by atoms with Crippen LogP contribution in [0.2, 0.25) is 0 Å². The van der Waals surface area contributed by atoms with E-state index in [2.05, 4.69) is 0 Å². The van der Waals surface area contributed by atoms with Crippen LogP contribution >= 0.6 is 22.6 Å². The van der Waals surface area contributed by atoms with E-state index in [0.717, 1.165) is 22.6 Å². The smallest absolute Gasteiger partial charge is 0.320 e. The molecule has 0 aromatic carbocycles. The van der Waals surface area contributed by atoms with E-state index in [-0.39, 0.29) is 6.08 Å². The van der Waals surface area contributed by atoms with Crippen molar-refractivity contribution in [3.05, 3.63) is 21.8 Å². The third-order valence-corrected chi connectivity index (χ3v) is 6.36. The minimum absolute atomic E-state index is 0.122. The molecule has 1 rings (SSSR count). The van der Waals surface area contributed by atoms with E-state index in [9.17, 15) is 52.3 Å². The van der Waals surface area contributed by atoms with Gasteiger partial charge in [-0.1, -0.05) is 12.2 Å². The van der Waals surface area contributed by atoms with Crippen LogP contribution < -0.4 is 5.73 Å². The van der Waals surface area contributed by atoms with Crippen molar-refractivity contribution in [2.75, 3.05) is 0 Å². The quantitative estimate of drug-likeness (QED) is 0.343. The summed E-state index contributed by atoms with van der Waals surface area (Å²) in [6.45, 7) is 0. The van der Waals surface area contributed by atoms with Gasteiger partial charge in [0.05, 0.1) is 6.04 Å². The van der Waals surface area contributed by atoms with Crippen molar-refractivity contribution in [2.24, 2.45) is 5.73 Å². The minimum atomic E-state index is -7.38. The normalized spacial score (nSPS) is 26.6. The highest BCUT2D eigenvalue weighted by molar-refractivity contribution is 14.1. The van der Waals surface area contributed by atoms with E-state index in [1.165, 1.54) is 0 Å². The van der Waals surface area contributed by atoms with Crippen LogP contribution in [0.3, 0.4) is 0 Å². The number of hydrogen-bond donors (Lipinski definition) is 1. The number of hydrogen-bond acceptors (Lipinski definition) is 3. The van der Waals surface area contributed by atoms with Gasteiger partial charge < -0.3 is 5.73 Å². The molecule has 0 radical (unpaired) electrons. The summed E-state index contributed by atoms with van der Waals surface area (Å²) in [7, 11) is -7.38. The Bertz CT molecular complexity index is 691. The summed E-state index contributed by atoms with van der Waals surface area (Å²) in [5, 5.41) is 0. The fourth-order valence-electron chi connectivity index (χ4n) is 2.05. The van der Waals surface area contributed by atoms with Crippen LogP contribution in [0.25, 0.3) is 0 Å². The van der Waals surface area contributed by atoms with E-state index in [1.54, 1.807) is 0 Å². The van der Waals surface area contributed by atoms with Gasteiger partial charge in [0.1, 0.15) is 0 Å². The lowest BCUT2D eigenvalue weighted by Crippen LogP contribution is -2.71. The average molecular weight is 521 g/mol. The third-order valence-electron chi connectivity index (χ3n) is 3.29. The van der Waals surface area contributed by atoms with Gasteiger partial charge in [-0.05, 0) is 28.7 Å². The molecule has 2 N–H and O–H groups in total. The van der Waals surface area contributed by atoms with Gasteiger partial charge in [-0.15, -0.1) is 0 Å². The third kappa shape index (κ3) is 3.04. The van der Waals surface area contributed by atoms with E-state index >= 15 is 0 Å². The zero-order chi connectivity index (χ0) is 20.3. The second kappa shape index (κ2) is 5.97. The lowest BCUT2D eigenvalue weighted by atomic mass is 9.83. The summed E-state index contributed by atoms with van der Waals surface area (Å²) in [5.74, 6) is 0. The molecule has 0 amide bonds. The van der Waals surface area contributed by atoms with Crippen LogP contribution in [0.5, 0.6) is 0 Å². The van der Waals surface area contributed by atoms with Crippen LogP contribution in [0, 0.1) is 0 Å². The summed E-state index contributed by atoms with van der Waals surface area (Å²) < 4.78 is 148. The van der Waals surface area contributed by atoms with Crippen molar-refractivity contribution in [1.29, 1.82) is 0 Å². The summed E-state index contributed by atoms with van der Waals surface area (Å²) in [4.78, 5) is 0. The Balaban J connectivity index is 4.11. The second-order valence-electron chi connectivity index (χ2n) is 4.81. The first kappa shape index (κ1) is 22.5. The maximum Gasteiger partial charge on any atom is 0.498 e. The van der Waals surface area contributed by atoms with Crippen LogP contribution in [0.15, 0.2) is 21.8 Å². The highest BCUT2D eigenvalue weighted by atomic mass is 127. The molecule has 0 aromatic rings. The summed E-state index contributed by atoms with van der Waals surface area (Å²) in [6.07, 6.45) is -15.3. The molecule has 15 heteroatoms. The van der Waals surface area contributed by atoms with Crippen molar-refractivity contribution >= 4 is 32.4 Å². The van der Waals surface area contributed by atoms with Gasteiger partial charge in [-0.2, -0.15) is 39.5 Å².